The second-order valence-electron chi connectivity index (χ2n) is 6.15. The Morgan fingerprint density at radius 1 is 1.36 bits per heavy atom. The third kappa shape index (κ3) is 4.10. The van der Waals surface area contributed by atoms with Gasteiger partial charge in [0.2, 0.25) is 5.91 Å². The Morgan fingerprint density at radius 3 is 2.88 bits per heavy atom. The highest BCUT2D eigenvalue weighted by Gasteiger charge is 2.27. The van der Waals surface area contributed by atoms with E-state index in [4.69, 9.17) is 4.74 Å². The Bertz CT molecular complexity index is 779. The number of rotatable bonds is 6. The van der Waals surface area contributed by atoms with Crippen LogP contribution in [0.2, 0.25) is 0 Å². The molecule has 2 aromatic rings. The minimum absolute atomic E-state index is 0.114. The zero-order valence-electron chi connectivity index (χ0n) is 14.6. The Morgan fingerprint density at radius 2 is 2.16 bits per heavy atom. The number of ether oxygens (including phenoxy) is 1. The number of esters is 1. The summed E-state index contributed by atoms with van der Waals surface area (Å²) < 4.78 is 6.96. The van der Waals surface area contributed by atoms with E-state index in [9.17, 15) is 9.59 Å². The van der Waals surface area contributed by atoms with Gasteiger partial charge in [-0.15, -0.1) is 11.3 Å². The van der Waals surface area contributed by atoms with Crippen LogP contribution in [-0.2, 0) is 28.9 Å². The second kappa shape index (κ2) is 7.82. The molecular formula is C18H23N3O3S. The molecule has 0 unspecified atom stereocenters. The fourth-order valence-corrected chi connectivity index (χ4v) is 4.36. The van der Waals surface area contributed by atoms with Crippen LogP contribution < -0.4 is 5.32 Å². The lowest BCUT2D eigenvalue weighted by Crippen LogP contribution is -2.17. The van der Waals surface area contributed by atoms with Crippen molar-refractivity contribution in [2.24, 2.45) is 0 Å². The van der Waals surface area contributed by atoms with E-state index in [2.05, 4.69) is 10.4 Å². The molecule has 3 rings (SSSR count). The molecule has 2 heterocycles. The Hall–Kier alpha value is -2.15. The number of fused-ring (bicyclic) bond motifs is 1. The molecule has 0 atom stereocenters. The smallest absolute Gasteiger partial charge is 0.341 e. The van der Waals surface area contributed by atoms with Crippen LogP contribution in [0.4, 0.5) is 5.00 Å². The number of nitrogens with zero attached hydrogens (tertiary/aromatic N) is 2. The monoisotopic (exact) mass is 361 g/mol. The Labute approximate surface area is 151 Å². The first-order valence-electron chi connectivity index (χ1n) is 8.70. The third-order valence-corrected chi connectivity index (χ3v) is 5.45. The molecule has 1 N–H and O–H groups in total. The number of carbonyl (C=O) groups excluding carboxylic acids is 2. The van der Waals surface area contributed by atoms with E-state index < -0.39 is 0 Å². The fourth-order valence-electron chi connectivity index (χ4n) is 3.07. The molecule has 0 aromatic carbocycles. The van der Waals surface area contributed by atoms with Gasteiger partial charge in [0.15, 0.2) is 0 Å². The Kier molecular flexibility index (Phi) is 5.53. The van der Waals surface area contributed by atoms with Crippen LogP contribution in [-0.4, -0.2) is 28.3 Å². The quantitative estimate of drug-likeness (QED) is 0.801. The van der Waals surface area contributed by atoms with Crippen molar-refractivity contribution in [1.29, 1.82) is 0 Å². The van der Waals surface area contributed by atoms with Crippen LogP contribution in [0.3, 0.4) is 0 Å². The number of anilines is 1. The van der Waals surface area contributed by atoms with Crippen molar-refractivity contribution in [3.05, 3.63) is 34.0 Å². The van der Waals surface area contributed by atoms with Gasteiger partial charge in [-0.3, -0.25) is 9.48 Å². The molecule has 7 heteroatoms. The molecule has 2 aromatic heterocycles. The number of aromatic nitrogens is 2. The average Bonchev–Trinajstić information content (AvgIpc) is 3.16. The number of carbonyl (C=O) groups is 2. The highest BCUT2D eigenvalue weighted by molar-refractivity contribution is 7.17. The van der Waals surface area contributed by atoms with Crippen molar-refractivity contribution in [2.75, 3.05) is 11.9 Å². The summed E-state index contributed by atoms with van der Waals surface area (Å²) in [5.74, 6) is -0.447. The van der Waals surface area contributed by atoms with E-state index >= 15 is 0 Å². The summed E-state index contributed by atoms with van der Waals surface area (Å²) >= 11 is 1.52. The van der Waals surface area contributed by atoms with Crippen molar-refractivity contribution in [3.63, 3.8) is 0 Å². The van der Waals surface area contributed by atoms with Gasteiger partial charge in [0.05, 0.1) is 17.9 Å². The lowest BCUT2D eigenvalue weighted by Gasteiger charge is -2.12. The molecule has 1 aliphatic rings. The van der Waals surface area contributed by atoms with Gasteiger partial charge in [-0.05, 0) is 51.2 Å². The summed E-state index contributed by atoms with van der Waals surface area (Å²) in [5.41, 5.74) is 2.55. The molecule has 6 nitrogen and oxygen atoms in total. The van der Waals surface area contributed by atoms with Gasteiger partial charge in [0.25, 0.3) is 0 Å². The van der Waals surface area contributed by atoms with Gasteiger partial charge in [0.1, 0.15) is 5.00 Å². The summed E-state index contributed by atoms with van der Waals surface area (Å²) in [6, 6.07) is 1.91. The van der Waals surface area contributed by atoms with Crippen LogP contribution in [0.25, 0.3) is 0 Å². The normalized spacial score (nSPS) is 13.4. The second-order valence-corrected chi connectivity index (χ2v) is 7.26. The molecule has 134 valence electrons. The summed E-state index contributed by atoms with van der Waals surface area (Å²) in [5, 5.41) is 7.83. The number of hydrogen-bond acceptors (Lipinski definition) is 5. The van der Waals surface area contributed by atoms with E-state index in [0.717, 1.165) is 36.9 Å². The molecule has 25 heavy (non-hydrogen) atoms. The standard InChI is InChI=1S/C18H23N3O3S/c1-3-24-18(23)16-13-6-4-5-7-14(13)25-17(16)19-15(22)9-11-21-10-8-12(2)20-21/h8,10H,3-7,9,11H2,1-2H3,(H,19,22). The molecule has 0 fully saturated rings. The Balaban J connectivity index is 1.73. The first kappa shape index (κ1) is 17.7. The molecular weight excluding hydrogens is 338 g/mol. The molecule has 0 saturated carbocycles. The minimum atomic E-state index is -0.333. The lowest BCUT2D eigenvalue weighted by atomic mass is 9.95. The number of thiophene rings is 1. The SMILES string of the molecule is CCOC(=O)c1c(NC(=O)CCn2ccc(C)n2)sc2c1CCCC2. The van der Waals surface area contributed by atoms with Crippen LogP contribution in [0.1, 0.15) is 52.7 Å². The maximum atomic E-state index is 12.4. The van der Waals surface area contributed by atoms with E-state index in [1.54, 1.807) is 11.6 Å². The van der Waals surface area contributed by atoms with Crippen LogP contribution >= 0.6 is 11.3 Å². The topological polar surface area (TPSA) is 73.2 Å². The van der Waals surface area contributed by atoms with Crippen molar-refractivity contribution < 1.29 is 14.3 Å². The summed E-state index contributed by atoms with van der Waals surface area (Å²) in [6.07, 6.45) is 6.21. The molecule has 1 amide bonds. The van der Waals surface area contributed by atoms with Gasteiger partial charge >= 0.3 is 5.97 Å². The predicted molar refractivity (Wildman–Crippen MR) is 97.1 cm³/mol. The number of aryl methyl sites for hydroxylation is 3. The van der Waals surface area contributed by atoms with Crippen molar-refractivity contribution in [2.45, 2.75) is 52.5 Å². The first-order valence-corrected chi connectivity index (χ1v) is 9.51. The third-order valence-electron chi connectivity index (χ3n) is 4.25. The predicted octanol–water partition coefficient (Wildman–Crippen LogP) is 3.34. The van der Waals surface area contributed by atoms with Gasteiger partial charge in [-0.1, -0.05) is 0 Å². The van der Waals surface area contributed by atoms with Crippen molar-refractivity contribution >= 4 is 28.2 Å². The lowest BCUT2D eigenvalue weighted by molar-refractivity contribution is -0.116. The molecule has 0 aliphatic heterocycles. The maximum absolute atomic E-state index is 12.4. The maximum Gasteiger partial charge on any atom is 0.341 e. The molecule has 1 aliphatic carbocycles. The van der Waals surface area contributed by atoms with Crippen molar-refractivity contribution in [1.82, 2.24) is 9.78 Å². The fraction of sp³-hybridized carbons (Fsp3) is 0.500. The number of hydrogen-bond donors (Lipinski definition) is 1. The van der Waals surface area contributed by atoms with E-state index in [-0.39, 0.29) is 11.9 Å². The summed E-state index contributed by atoms with van der Waals surface area (Å²) in [7, 11) is 0. The minimum Gasteiger partial charge on any atom is -0.462 e. The van der Waals surface area contributed by atoms with Gasteiger partial charge in [-0.25, -0.2) is 4.79 Å². The first-order chi connectivity index (χ1) is 12.1. The van der Waals surface area contributed by atoms with Gasteiger partial charge in [-0.2, -0.15) is 5.10 Å². The highest BCUT2D eigenvalue weighted by atomic mass is 32.1. The van der Waals surface area contributed by atoms with E-state index in [1.165, 1.54) is 16.2 Å². The van der Waals surface area contributed by atoms with Gasteiger partial charge in [0, 0.05) is 24.0 Å². The summed E-state index contributed by atoms with van der Waals surface area (Å²) in [6.45, 7) is 4.55. The van der Waals surface area contributed by atoms with E-state index in [1.807, 2.05) is 19.2 Å². The molecule has 0 radical (unpaired) electrons. The average molecular weight is 361 g/mol. The van der Waals surface area contributed by atoms with E-state index in [0.29, 0.717) is 30.1 Å². The number of amides is 1. The largest absolute Gasteiger partial charge is 0.462 e. The highest BCUT2D eigenvalue weighted by Crippen LogP contribution is 2.38. The number of nitrogens with one attached hydrogen (secondary N) is 1. The van der Waals surface area contributed by atoms with Crippen LogP contribution in [0, 0.1) is 6.92 Å². The summed E-state index contributed by atoms with van der Waals surface area (Å²) in [4.78, 5) is 25.9. The van der Waals surface area contributed by atoms with Crippen LogP contribution in [0.15, 0.2) is 12.3 Å². The zero-order valence-corrected chi connectivity index (χ0v) is 15.4. The van der Waals surface area contributed by atoms with Gasteiger partial charge < -0.3 is 10.1 Å². The molecule has 0 bridgehead atoms. The molecule has 0 spiro atoms. The zero-order chi connectivity index (χ0) is 17.8. The molecule has 0 saturated heterocycles. The van der Waals surface area contributed by atoms with Crippen LogP contribution in [0.5, 0.6) is 0 Å². The van der Waals surface area contributed by atoms with Crippen molar-refractivity contribution in [3.8, 4) is 0 Å².